The first-order chi connectivity index (χ1) is 11.9. The summed E-state index contributed by atoms with van der Waals surface area (Å²) >= 11 is 0. The zero-order chi connectivity index (χ0) is 17.8. The Hall–Kier alpha value is -1.32. The number of allylic oxidation sites excluding steroid dienone is 2. The Bertz CT molecular complexity index is 639. The normalized spacial score (nSPS) is 47.5. The minimum absolute atomic E-state index is 0.111. The van der Waals surface area contributed by atoms with Crippen LogP contribution in [0.15, 0.2) is 16.8 Å². The minimum atomic E-state index is -0.127. The molecule has 0 saturated heterocycles. The lowest BCUT2D eigenvalue weighted by Gasteiger charge is -2.57. The van der Waals surface area contributed by atoms with Crippen LogP contribution in [0.1, 0.15) is 72.1 Å². The van der Waals surface area contributed by atoms with Crippen LogP contribution in [0.3, 0.4) is 0 Å². The van der Waals surface area contributed by atoms with E-state index in [4.69, 9.17) is 9.94 Å². The molecule has 4 heteroatoms. The predicted octanol–water partition coefficient (Wildman–Crippen LogP) is 4.71. The molecular weight excluding hydrogens is 314 g/mol. The van der Waals surface area contributed by atoms with Crippen LogP contribution in [0.2, 0.25) is 0 Å². The standard InChI is InChI=1S/C21H31NO3/c1-13(23)25-19-7-6-17-16-5-4-14-12-15(22-24)8-10-20(14,2)18(16)9-11-21(17,19)3/h12,16-19,24H,4-11H2,1-3H3/b22-15+/t16-,17-,18-,19-,20-,21-/m0/s1. The third kappa shape index (κ3) is 2.47. The van der Waals surface area contributed by atoms with Crippen molar-refractivity contribution in [3.8, 4) is 0 Å². The van der Waals surface area contributed by atoms with Gasteiger partial charge in [-0.05, 0) is 80.6 Å². The molecule has 0 aromatic rings. The highest BCUT2D eigenvalue weighted by Gasteiger charge is 2.59. The Labute approximate surface area is 150 Å². The quantitative estimate of drug-likeness (QED) is 0.425. The van der Waals surface area contributed by atoms with Crippen molar-refractivity contribution in [2.75, 3.05) is 0 Å². The first-order valence-electron chi connectivity index (χ1n) is 9.97. The van der Waals surface area contributed by atoms with Gasteiger partial charge in [0.1, 0.15) is 6.10 Å². The van der Waals surface area contributed by atoms with Crippen molar-refractivity contribution in [2.24, 2.45) is 33.7 Å². The fourth-order valence-corrected chi connectivity index (χ4v) is 7.00. The number of hydrogen-bond donors (Lipinski definition) is 1. The summed E-state index contributed by atoms with van der Waals surface area (Å²) in [4.78, 5) is 11.5. The Balaban J connectivity index is 1.61. The maximum Gasteiger partial charge on any atom is 0.302 e. The predicted molar refractivity (Wildman–Crippen MR) is 96.5 cm³/mol. The maximum absolute atomic E-state index is 11.5. The number of ether oxygens (including phenoxy) is 1. The van der Waals surface area contributed by atoms with E-state index in [0.717, 1.165) is 43.2 Å². The molecule has 0 aliphatic heterocycles. The number of oxime groups is 1. The highest BCUT2D eigenvalue weighted by molar-refractivity contribution is 5.96. The summed E-state index contributed by atoms with van der Waals surface area (Å²) in [6.07, 6.45) is 11.3. The average Bonchev–Trinajstić information content (AvgIpc) is 2.90. The summed E-state index contributed by atoms with van der Waals surface area (Å²) in [5, 5.41) is 12.6. The van der Waals surface area contributed by atoms with E-state index in [0.29, 0.717) is 5.92 Å². The second-order valence-electron chi connectivity index (χ2n) is 9.31. The van der Waals surface area contributed by atoms with Crippen LogP contribution in [0.25, 0.3) is 0 Å². The molecule has 0 spiro atoms. The van der Waals surface area contributed by atoms with Gasteiger partial charge in [-0.2, -0.15) is 0 Å². The van der Waals surface area contributed by atoms with Crippen molar-refractivity contribution < 1.29 is 14.7 Å². The van der Waals surface area contributed by atoms with Gasteiger partial charge in [0.25, 0.3) is 0 Å². The van der Waals surface area contributed by atoms with E-state index in [1.807, 2.05) is 0 Å². The molecule has 1 N–H and O–H groups in total. The average molecular weight is 345 g/mol. The van der Waals surface area contributed by atoms with Crippen LogP contribution in [-0.4, -0.2) is 23.0 Å². The van der Waals surface area contributed by atoms with E-state index in [1.54, 1.807) is 6.92 Å². The van der Waals surface area contributed by atoms with Gasteiger partial charge < -0.3 is 9.94 Å². The van der Waals surface area contributed by atoms with Gasteiger partial charge in [0, 0.05) is 12.3 Å². The molecule has 3 fully saturated rings. The van der Waals surface area contributed by atoms with Crippen LogP contribution < -0.4 is 0 Å². The van der Waals surface area contributed by atoms with Crippen molar-refractivity contribution in [1.82, 2.24) is 0 Å². The second kappa shape index (κ2) is 5.85. The molecule has 4 aliphatic rings. The van der Waals surface area contributed by atoms with Crippen molar-refractivity contribution in [2.45, 2.75) is 78.2 Å². The van der Waals surface area contributed by atoms with E-state index in [1.165, 1.54) is 31.3 Å². The number of nitrogens with zero attached hydrogens (tertiary/aromatic N) is 1. The van der Waals surface area contributed by atoms with Crippen molar-refractivity contribution in [1.29, 1.82) is 0 Å². The number of carbonyl (C=O) groups excluding carboxylic acids is 1. The van der Waals surface area contributed by atoms with Gasteiger partial charge in [0.05, 0.1) is 5.71 Å². The van der Waals surface area contributed by atoms with Gasteiger partial charge in [-0.25, -0.2) is 0 Å². The monoisotopic (exact) mass is 345 g/mol. The minimum Gasteiger partial charge on any atom is -0.462 e. The molecule has 0 aromatic heterocycles. The number of carbonyl (C=O) groups is 1. The first kappa shape index (κ1) is 17.1. The number of hydrogen-bond acceptors (Lipinski definition) is 4. The summed E-state index contributed by atoms with van der Waals surface area (Å²) in [5.74, 6) is 2.02. The third-order valence-electron chi connectivity index (χ3n) is 8.33. The van der Waals surface area contributed by atoms with Gasteiger partial charge in [0.2, 0.25) is 0 Å². The fourth-order valence-electron chi connectivity index (χ4n) is 7.00. The smallest absolute Gasteiger partial charge is 0.302 e. The molecule has 25 heavy (non-hydrogen) atoms. The molecular formula is C21H31NO3. The van der Waals surface area contributed by atoms with Crippen LogP contribution in [0, 0.1) is 28.6 Å². The van der Waals surface area contributed by atoms with Gasteiger partial charge in [0.15, 0.2) is 0 Å². The Kier molecular flexibility index (Phi) is 4.01. The van der Waals surface area contributed by atoms with Crippen molar-refractivity contribution >= 4 is 11.7 Å². The molecule has 0 radical (unpaired) electrons. The number of rotatable bonds is 1. The molecule has 4 aliphatic carbocycles. The van der Waals surface area contributed by atoms with Gasteiger partial charge in [-0.1, -0.05) is 24.6 Å². The fraction of sp³-hybridized carbons (Fsp3) is 0.810. The molecule has 4 rings (SSSR count). The maximum atomic E-state index is 11.5. The van der Waals surface area contributed by atoms with E-state index >= 15 is 0 Å². The molecule has 4 nitrogen and oxygen atoms in total. The summed E-state index contributed by atoms with van der Waals surface area (Å²) in [6.45, 7) is 6.37. The van der Waals surface area contributed by atoms with Crippen LogP contribution >= 0.6 is 0 Å². The van der Waals surface area contributed by atoms with Gasteiger partial charge in [-0.15, -0.1) is 0 Å². The van der Waals surface area contributed by atoms with Gasteiger partial charge in [-0.3, -0.25) is 4.79 Å². The largest absolute Gasteiger partial charge is 0.462 e. The number of fused-ring (bicyclic) bond motifs is 5. The Morgan fingerprint density at radius 3 is 2.68 bits per heavy atom. The van der Waals surface area contributed by atoms with E-state index < -0.39 is 0 Å². The first-order valence-corrected chi connectivity index (χ1v) is 9.97. The summed E-state index contributed by atoms with van der Waals surface area (Å²) < 4.78 is 5.73. The SMILES string of the molecule is CC(=O)O[C@H]1CC[C@H]2[C@@H]3CCC4=C/C(=N/O)CC[C@]4(C)[C@H]3CC[C@]12C. The molecule has 138 valence electrons. The lowest BCUT2D eigenvalue weighted by atomic mass is 9.47. The summed E-state index contributed by atoms with van der Waals surface area (Å²) in [5.41, 5.74) is 2.78. The Morgan fingerprint density at radius 2 is 1.96 bits per heavy atom. The molecule has 0 bridgehead atoms. The highest BCUT2D eigenvalue weighted by atomic mass is 16.5. The zero-order valence-electron chi connectivity index (χ0n) is 15.8. The van der Waals surface area contributed by atoms with Crippen LogP contribution in [0.5, 0.6) is 0 Å². The molecule has 0 amide bonds. The third-order valence-corrected chi connectivity index (χ3v) is 8.33. The molecule has 0 heterocycles. The van der Waals surface area contributed by atoms with Gasteiger partial charge >= 0.3 is 5.97 Å². The van der Waals surface area contributed by atoms with Crippen molar-refractivity contribution in [3.63, 3.8) is 0 Å². The van der Waals surface area contributed by atoms with Crippen LogP contribution in [0.4, 0.5) is 0 Å². The van der Waals surface area contributed by atoms with Crippen molar-refractivity contribution in [3.05, 3.63) is 11.6 Å². The molecule has 0 unspecified atom stereocenters. The van der Waals surface area contributed by atoms with E-state index in [2.05, 4.69) is 25.1 Å². The van der Waals surface area contributed by atoms with E-state index in [-0.39, 0.29) is 22.9 Å². The lowest BCUT2D eigenvalue weighted by Crippen LogP contribution is -2.51. The lowest BCUT2D eigenvalue weighted by molar-refractivity contribution is -0.157. The molecule has 0 aromatic carbocycles. The highest BCUT2D eigenvalue weighted by Crippen LogP contribution is 2.65. The Morgan fingerprint density at radius 1 is 1.16 bits per heavy atom. The second-order valence-corrected chi connectivity index (χ2v) is 9.31. The molecule has 6 atom stereocenters. The summed E-state index contributed by atoms with van der Waals surface area (Å²) in [7, 11) is 0. The number of esters is 1. The molecule has 3 saturated carbocycles. The summed E-state index contributed by atoms with van der Waals surface area (Å²) in [6, 6.07) is 0. The van der Waals surface area contributed by atoms with Crippen LogP contribution in [-0.2, 0) is 9.53 Å². The zero-order valence-corrected chi connectivity index (χ0v) is 15.8. The topological polar surface area (TPSA) is 58.9 Å². The van der Waals surface area contributed by atoms with E-state index in [9.17, 15) is 4.79 Å².